The minimum absolute atomic E-state index is 0.00474. The molecule has 19 nitrogen and oxygen atoms in total. The van der Waals surface area contributed by atoms with Gasteiger partial charge in [-0.15, -0.1) is 0 Å². The van der Waals surface area contributed by atoms with E-state index >= 15 is 0 Å². The van der Waals surface area contributed by atoms with Gasteiger partial charge in [0.1, 0.15) is 23.3 Å². The molecule has 0 fully saturated rings. The van der Waals surface area contributed by atoms with Crippen molar-refractivity contribution in [2.24, 2.45) is 5.92 Å². The Morgan fingerprint density at radius 3 is 1.79 bits per heavy atom. The maximum absolute atomic E-state index is 12.9. The monoisotopic (exact) mass is 888 g/mol. The molecule has 1 aromatic carbocycles. The number of nitrogens with one attached hydrogen (secondary N) is 5. The van der Waals surface area contributed by atoms with E-state index in [1.54, 1.807) is 72.7 Å². The predicted octanol–water partition coefficient (Wildman–Crippen LogP) is 2.70. The zero-order chi connectivity index (χ0) is 47.2. The number of ether oxygens (including phenoxy) is 5. The highest BCUT2D eigenvalue weighted by molar-refractivity contribution is 6.12. The lowest BCUT2D eigenvalue weighted by molar-refractivity contribution is -0.159. The molecule has 0 aliphatic carbocycles. The van der Waals surface area contributed by atoms with E-state index in [-0.39, 0.29) is 69.5 Å². The lowest BCUT2D eigenvalue weighted by atomic mass is 9.96. The van der Waals surface area contributed by atoms with Crippen LogP contribution in [-0.2, 0) is 63.7 Å². The van der Waals surface area contributed by atoms with E-state index in [1.165, 1.54) is 26.0 Å². The van der Waals surface area contributed by atoms with Gasteiger partial charge >= 0.3 is 12.1 Å². The Morgan fingerprint density at radius 1 is 0.651 bits per heavy atom. The zero-order valence-corrected chi connectivity index (χ0v) is 38.2. The van der Waals surface area contributed by atoms with Crippen LogP contribution >= 0.6 is 0 Å². The maximum atomic E-state index is 12.9. The van der Waals surface area contributed by atoms with Crippen molar-refractivity contribution in [2.75, 3.05) is 58.0 Å². The number of anilines is 1. The lowest BCUT2D eigenvalue weighted by Crippen LogP contribution is -2.50. The Kier molecular flexibility index (Phi) is 23.0. The van der Waals surface area contributed by atoms with Gasteiger partial charge in [0.2, 0.25) is 23.6 Å². The molecule has 0 bridgehead atoms. The number of hydrogen-bond donors (Lipinski definition) is 5. The van der Waals surface area contributed by atoms with Crippen LogP contribution in [0.15, 0.2) is 36.4 Å². The number of nitrogens with zero attached hydrogens (tertiary/aromatic N) is 1. The molecule has 1 aromatic rings. The number of imide groups is 1. The van der Waals surface area contributed by atoms with Gasteiger partial charge in [0, 0.05) is 49.8 Å². The Hall–Kier alpha value is -5.40. The Balaban J connectivity index is 1.62. The van der Waals surface area contributed by atoms with Crippen molar-refractivity contribution in [2.45, 2.75) is 124 Å². The number of esters is 1. The first-order valence-corrected chi connectivity index (χ1v) is 21.3. The highest BCUT2D eigenvalue weighted by atomic mass is 16.6. The van der Waals surface area contributed by atoms with Gasteiger partial charge in [-0.1, -0.05) is 19.1 Å². The van der Waals surface area contributed by atoms with Crippen LogP contribution in [0.1, 0.15) is 93.6 Å². The quantitative estimate of drug-likeness (QED) is 0.0485. The minimum Gasteiger partial charge on any atom is -0.460 e. The van der Waals surface area contributed by atoms with E-state index < -0.39 is 59.1 Å². The second-order valence-corrected chi connectivity index (χ2v) is 17.1. The van der Waals surface area contributed by atoms with Crippen molar-refractivity contribution in [3.63, 3.8) is 0 Å². The van der Waals surface area contributed by atoms with E-state index in [4.69, 9.17) is 23.7 Å². The highest BCUT2D eigenvalue weighted by Gasteiger charge is 2.28. The van der Waals surface area contributed by atoms with Crippen LogP contribution in [0.5, 0.6) is 0 Å². The third-order valence-electron chi connectivity index (χ3n) is 8.87. The van der Waals surface area contributed by atoms with Crippen molar-refractivity contribution in [3.8, 4) is 0 Å². The molecule has 1 aliphatic rings. The van der Waals surface area contributed by atoms with Gasteiger partial charge in [0.25, 0.3) is 11.8 Å². The molecular weight excluding hydrogens is 821 g/mol. The van der Waals surface area contributed by atoms with Crippen LogP contribution in [0.2, 0.25) is 0 Å². The number of alkyl carbamates (subject to hydrolysis) is 1. The summed E-state index contributed by atoms with van der Waals surface area (Å²) in [5, 5.41) is 13.5. The molecule has 2 rings (SSSR count). The third-order valence-corrected chi connectivity index (χ3v) is 8.87. The van der Waals surface area contributed by atoms with Gasteiger partial charge in [-0.2, -0.15) is 0 Å². The van der Waals surface area contributed by atoms with E-state index in [0.29, 0.717) is 44.7 Å². The molecule has 4 atom stereocenters. The summed E-state index contributed by atoms with van der Waals surface area (Å²) in [6, 6.07) is 4.66. The Morgan fingerprint density at radius 2 is 1.21 bits per heavy atom. The fourth-order valence-electron chi connectivity index (χ4n) is 5.74. The minimum atomic E-state index is -0.926. The average Bonchev–Trinajstić information content (AvgIpc) is 3.49. The Labute approximate surface area is 370 Å². The average molecular weight is 889 g/mol. The first-order chi connectivity index (χ1) is 29.5. The first kappa shape index (κ1) is 53.7. The molecule has 0 aromatic heterocycles. The molecule has 4 unspecified atom stereocenters. The van der Waals surface area contributed by atoms with Crippen molar-refractivity contribution < 1.29 is 62.0 Å². The van der Waals surface area contributed by atoms with Gasteiger partial charge in [-0.05, 0) is 92.3 Å². The van der Waals surface area contributed by atoms with E-state index in [0.717, 1.165) is 10.5 Å². The molecule has 0 saturated carbocycles. The summed E-state index contributed by atoms with van der Waals surface area (Å²) >= 11 is 0. The van der Waals surface area contributed by atoms with Crippen molar-refractivity contribution in [3.05, 3.63) is 42.0 Å². The van der Waals surface area contributed by atoms with Gasteiger partial charge < -0.3 is 50.3 Å². The van der Waals surface area contributed by atoms with Crippen LogP contribution in [-0.4, -0.2) is 134 Å². The van der Waals surface area contributed by atoms with Gasteiger partial charge in [-0.25, -0.2) is 4.79 Å². The largest absolute Gasteiger partial charge is 0.460 e. The second-order valence-electron chi connectivity index (χ2n) is 17.1. The molecule has 7 amide bonds. The number of hydrogen-bond acceptors (Lipinski definition) is 13. The fraction of sp³-hybridized carbons (Fsp3) is 0.636. The van der Waals surface area contributed by atoms with E-state index in [2.05, 4.69) is 26.6 Å². The van der Waals surface area contributed by atoms with E-state index in [9.17, 15) is 38.4 Å². The lowest BCUT2D eigenvalue weighted by Gasteiger charge is -2.27. The number of amides is 7. The predicted molar refractivity (Wildman–Crippen MR) is 232 cm³/mol. The molecule has 0 spiro atoms. The zero-order valence-electron chi connectivity index (χ0n) is 38.2. The molecule has 63 heavy (non-hydrogen) atoms. The highest BCUT2D eigenvalue weighted by Crippen LogP contribution is 2.19. The molecule has 0 radical (unpaired) electrons. The van der Waals surface area contributed by atoms with Gasteiger partial charge in [-0.3, -0.25) is 38.5 Å². The summed E-state index contributed by atoms with van der Waals surface area (Å²) in [6.07, 6.45) is 3.04. The molecule has 0 saturated heterocycles. The van der Waals surface area contributed by atoms with Crippen molar-refractivity contribution in [1.29, 1.82) is 0 Å². The van der Waals surface area contributed by atoms with Crippen LogP contribution < -0.4 is 26.6 Å². The summed E-state index contributed by atoms with van der Waals surface area (Å²) in [5.41, 5.74) is -0.0565. The number of carbonyl (C=O) groups is 8. The van der Waals surface area contributed by atoms with Crippen LogP contribution in [0, 0.1) is 5.92 Å². The van der Waals surface area contributed by atoms with E-state index in [1.807, 2.05) is 0 Å². The number of benzene rings is 1. The molecule has 19 heteroatoms. The molecule has 5 N–H and O–H groups in total. The molecular formula is C44H68N6O13. The van der Waals surface area contributed by atoms with Crippen molar-refractivity contribution in [1.82, 2.24) is 26.2 Å². The van der Waals surface area contributed by atoms with Gasteiger partial charge in [0.15, 0.2) is 0 Å². The molecule has 1 heterocycles. The van der Waals surface area contributed by atoms with Crippen molar-refractivity contribution >= 4 is 53.2 Å². The van der Waals surface area contributed by atoms with Crippen LogP contribution in [0.3, 0.4) is 0 Å². The normalized spacial score (nSPS) is 14.6. The maximum Gasteiger partial charge on any atom is 0.407 e. The number of carbonyl (C=O) groups excluding carboxylic acids is 8. The summed E-state index contributed by atoms with van der Waals surface area (Å²) in [4.78, 5) is 99.4. The smallest absolute Gasteiger partial charge is 0.407 e. The summed E-state index contributed by atoms with van der Waals surface area (Å²) in [5.74, 6) is -3.26. The SMILES string of the molecule is CC(CC(Cc1ccc(NC(=O)C(C)NC(=O)C(C)NC(=O)CCOCCOCCOCCNC(=O)CCCN2C(=O)C=CC2=O)cc1)NC(=O)OC(C)(C)C)C(=O)OC(C)(C)C. The molecule has 1 aliphatic heterocycles. The standard InChI is InChI=1S/C44H68N6O13/c1-29(41(57)62-43(4,5)6)27-34(49-42(58)63-44(7,8)9)28-32-12-14-33(15-13-32)48-40(56)31(3)47-39(55)30(2)46-36(52)18-21-59-23-25-61-26-24-60-22-19-45-35(51)11-10-20-50-37(53)16-17-38(50)54/h12-17,29-31,34H,10-11,18-28H2,1-9H3,(H,45,51)(H,46,52)(H,47,55)(H,48,56)(H,49,58). The Bertz CT molecular complexity index is 1700. The third kappa shape index (κ3) is 23.6. The fourth-order valence-corrected chi connectivity index (χ4v) is 5.74. The van der Waals surface area contributed by atoms with Gasteiger partial charge in [0.05, 0.1) is 45.6 Å². The summed E-state index contributed by atoms with van der Waals surface area (Å²) in [6.45, 7) is 17.4. The first-order valence-electron chi connectivity index (χ1n) is 21.3. The number of rotatable bonds is 27. The topological polar surface area (TPSA) is 246 Å². The van der Waals surface area contributed by atoms with Crippen LogP contribution in [0.4, 0.5) is 10.5 Å². The van der Waals surface area contributed by atoms with Crippen LogP contribution in [0.25, 0.3) is 0 Å². The summed E-state index contributed by atoms with van der Waals surface area (Å²) < 4.78 is 27.2. The summed E-state index contributed by atoms with van der Waals surface area (Å²) in [7, 11) is 0. The molecule has 352 valence electrons. The second kappa shape index (κ2) is 26.9.